The summed E-state index contributed by atoms with van der Waals surface area (Å²) in [6, 6.07) is 36.0. The van der Waals surface area contributed by atoms with E-state index in [0.717, 1.165) is 137 Å². The van der Waals surface area contributed by atoms with Crippen LogP contribution in [0.1, 0.15) is 118 Å². The molecule has 8 heterocycles. The van der Waals surface area contributed by atoms with Gasteiger partial charge in [-0.25, -0.2) is 4.39 Å². The number of nitro groups is 2. The average Bonchev–Trinajstić information content (AvgIpc) is 1.23. The molecule has 8 fully saturated rings. The van der Waals surface area contributed by atoms with Gasteiger partial charge in [0.1, 0.15) is 5.82 Å². The molecular formula is C73H109B3BrFN8O15. The summed E-state index contributed by atoms with van der Waals surface area (Å²) in [5.74, 6) is -0.467. The second kappa shape index (κ2) is 36.6. The average molecular weight is 1470 g/mol. The summed E-state index contributed by atoms with van der Waals surface area (Å²) < 4.78 is 76.5. The predicted molar refractivity (Wildman–Crippen MR) is 404 cm³/mol. The van der Waals surface area contributed by atoms with Gasteiger partial charge in [-0.2, -0.15) is 0 Å². The molecule has 5 unspecified atom stereocenters. The van der Waals surface area contributed by atoms with E-state index in [1.807, 2.05) is 74.4 Å². The lowest BCUT2D eigenvalue weighted by molar-refractivity contribution is -0.385. The minimum Gasteiger partial charge on any atom is -0.405 e. The van der Waals surface area contributed by atoms with Crippen LogP contribution in [0.25, 0.3) is 0 Å². The van der Waals surface area contributed by atoms with Crippen molar-refractivity contribution in [3.63, 3.8) is 0 Å². The van der Waals surface area contributed by atoms with Crippen LogP contribution in [0.5, 0.6) is 0 Å². The number of anilines is 5. The van der Waals surface area contributed by atoms with E-state index in [1.54, 1.807) is 12.1 Å². The van der Waals surface area contributed by atoms with Gasteiger partial charge in [0.15, 0.2) is 0 Å². The lowest BCUT2D eigenvalue weighted by Crippen LogP contribution is -2.41. The Labute approximate surface area is 608 Å². The molecule has 101 heavy (non-hydrogen) atoms. The Bertz CT molecular complexity index is 3200. The van der Waals surface area contributed by atoms with Crippen molar-refractivity contribution in [3.8, 4) is 0 Å². The first-order chi connectivity index (χ1) is 47.4. The highest BCUT2D eigenvalue weighted by Gasteiger charge is 2.64. The fraction of sp³-hybridized carbons (Fsp3) is 0.589. The van der Waals surface area contributed by atoms with Crippen molar-refractivity contribution in [2.24, 2.45) is 0 Å². The van der Waals surface area contributed by atoms with E-state index in [-0.39, 0.29) is 69.2 Å². The van der Waals surface area contributed by atoms with Crippen LogP contribution in [0, 0.1) is 26.0 Å². The number of nitrogens with zero attached hydrogens (tertiary/aromatic N) is 6. The molecule has 0 spiro atoms. The van der Waals surface area contributed by atoms with Gasteiger partial charge in [-0.3, -0.25) is 20.2 Å². The summed E-state index contributed by atoms with van der Waals surface area (Å²) in [6.45, 7) is 48.5. The van der Waals surface area contributed by atoms with E-state index in [2.05, 4.69) is 157 Å². The Morgan fingerprint density at radius 3 is 1.01 bits per heavy atom. The van der Waals surface area contributed by atoms with Crippen LogP contribution >= 0.6 is 15.9 Å². The number of nitrogen functional groups attached to an aromatic ring is 1. The molecule has 8 aliphatic rings. The first-order valence-electron chi connectivity index (χ1n) is 35.1. The van der Waals surface area contributed by atoms with Gasteiger partial charge in [0.25, 0.3) is 11.4 Å². The van der Waals surface area contributed by atoms with Crippen molar-refractivity contribution >= 4 is 82.3 Å². The molecule has 23 nitrogen and oxygen atoms in total. The molecular weight excluding hydrogens is 1360 g/mol. The molecule has 0 saturated carbocycles. The second-order valence-corrected chi connectivity index (χ2v) is 30.3. The van der Waals surface area contributed by atoms with Gasteiger partial charge in [-0.1, -0.05) is 28.1 Å². The Kier molecular flexibility index (Phi) is 29.9. The van der Waals surface area contributed by atoms with Gasteiger partial charge in [0.05, 0.1) is 107 Å². The van der Waals surface area contributed by atoms with Gasteiger partial charge in [-0.05, 0) is 208 Å². The van der Waals surface area contributed by atoms with Crippen molar-refractivity contribution in [2.45, 2.75) is 182 Å². The summed E-state index contributed by atoms with van der Waals surface area (Å²) in [6.07, 6.45) is 1.59. The van der Waals surface area contributed by atoms with Gasteiger partial charge in [0.2, 0.25) is 0 Å². The maximum Gasteiger partial charge on any atom is 0.494 e. The number of hydrogen-bond donors (Lipinski definition) is 2. The topological polar surface area (TPSA) is 239 Å². The van der Waals surface area contributed by atoms with Crippen LogP contribution < -0.4 is 36.1 Å². The number of non-ortho nitro benzene ring substituents is 2. The number of nitrogens with two attached hydrogens (primary N) is 1. The zero-order valence-corrected chi connectivity index (χ0v) is 64.0. The third kappa shape index (κ3) is 24.3. The van der Waals surface area contributed by atoms with Crippen LogP contribution in [0.3, 0.4) is 0 Å². The van der Waals surface area contributed by atoms with Crippen molar-refractivity contribution in [1.82, 2.24) is 5.32 Å². The predicted octanol–water partition coefficient (Wildman–Crippen LogP) is 12.2. The molecule has 8 saturated heterocycles. The molecule has 554 valence electrons. The van der Waals surface area contributed by atoms with Crippen molar-refractivity contribution in [3.05, 3.63) is 152 Å². The van der Waals surface area contributed by atoms with Crippen LogP contribution in [-0.2, 0) is 51.6 Å². The van der Waals surface area contributed by atoms with E-state index >= 15 is 0 Å². The maximum atomic E-state index is 12.1. The van der Waals surface area contributed by atoms with Crippen LogP contribution in [-0.4, -0.2) is 194 Å². The standard InChI is InChI=1S/C17H26BNO3.C12H24B2O4.C11H14BrNO.C11H14N2O3.C11H16N2O.C6H4FNO2.C5H11NO/c1-13-12-19(10-11-20-13)15-8-6-14(7-9-15)18-21-16(2,3)17(4,5)22-18;1-9(2)10(3,4)16-13(15-9)14-17-11(5,6)12(7,8)18-14;1-9-8-13(6-7-14-9)11-4-2-10(12)3-5-11;1-9-8-12(6-7-16-9)10-2-4-11(5-3-10)13(14)15;1-9-8-13(6-7-14-9)11-4-2-10(12)3-5-11;7-5-1-3-6(4-2-5)8(9)10;1-5-4-6-2-3-7-5/h6-9,13H,10-12H2,1-5H3;1-8H3;2-5,9H,6-8H2,1H3;2-5,9H,6-8H2,1H3;2-5,9H,6-8,12H2,1H3;1-4H;5-6H,2-4H2,1H3. The summed E-state index contributed by atoms with van der Waals surface area (Å²) in [5, 5.41) is 23.7. The summed E-state index contributed by atoms with van der Waals surface area (Å²) in [4.78, 5) is 28.8. The van der Waals surface area contributed by atoms with Crippen molar-refractivity contribution in [2.75, 3.05) is 124 Å². The summed E-state index contributed by atoms with van der Waals surface area (Å²) in [5.41, 5.74) is 10.3. The van der Waals surface area contributed by atoms with Crippen molar-refractivity contribution in [1.29, 1.82) is 0 Å². The lowest BCUT2D eigenvalue weighted by Gasteiger charge is -2.33. The zero-order chi connectivity index (χ0) is 74.1. The molecule has 0 bridgehead atoms. The maximum absolute atomic E-state index is 12.1. The minimum atomic E-state index is -0.570. The first kappa shape index (κ1) is 82.3. The molecule has 5 atom stereocenters. The quantitative estimate of drug-likeness (QED) is 0.0635. The molecule has 28 heteroatoms. The first-order valence-corrected chi connectivity index (χ1v) is 35.9. The second-order valence-electron chi connectivity index (χ2n) is 29.4. The highest BCUT2D eigenvalue weighted by Crippen LogP contribution is 2.43. The van der Waals surface area contributed by atoms with E-state index in [0.29, 0.717) is 24.9 Å². The Hall–Kier alpha value is -5.98. The van der Waals surface area contributed by atoms with Gasteiger partial charge in [0, 0.05) is 123 Å². The molecule has 13 rings (SSSR count). The van der Waals surface area contributed by atoms with Crippen molar-refractivity contribution < 1.29 is 65.8 Å². The Morgan fingerprint density at radius 1 is 0.436 bits per heavy atom. The molecule has 5 aromatic carbocycles. The lowest BCUT2D eigenvalue weighted by atomic mass is 9.49. The fourth-order valence-corrected chi connectivity index (χ4v) is 11.7. The van der Waals surface area contributed by atoms with Crippen LogP contribution in [0.2, 0.25) is 0 Å². The molecule has 0 amide bonds. The number of halogens is 2. The Balaban J connectivity index is 0.000000169. The molecule has 0 aliphatic carbocycles. The number of nitro benzene ring substituents is 2. The minimum absolute atomic E-state index is 0.0959. The molecule has 0 radical (unpaired) electrons. The monoisotopic (exact) mass is 1470 g/mol. The van der Waals surface area contributed by atoms with Gasteiger partial charge < -0.3 is 82.3 Å². The summed E-state index contributed by atoms with van der Waals surface area (Å²) >= 11 is 3.44. The number of ether oxygens (including phenoxy) is 5. The molecule has 3 N–H and O–H groups in total. The number of hydrogen-bond acceptors (Lipinski definition) is 21. The largest absolute Gasteiger partial charge is 0.494 e. The third-order valence-corrected chi connectivity index (χ3v) is 20.1. The Morgan fingerprint density at radius 2 is 0.723 bits per heavy atom. The molecule has 8 aliphatic heterocycles. The smallest absolute Gasteiger partial charge is 0.405 e. The van der Waals surface area contributed by atoms with Crippen LogP contribution in [0.4, 0.5) is 44.2 Å². The van der Waals surface area contributed by atoms with Gasteiger partial charge in [-0.15, -0.1) is 0 Å². The third-order valence-electron chi connectivity index (χ3n) is 19.5. The summed E-state index contributed by atoms with van der Waals surface area (Å²) in [7, 11) is -1.24. The molecule has 0 aromatic heterocycles. The normalized spacial score (nSPS) is 24.3. The van der Waals surface area contributed by atoms with E-state index in [4.69, 9.17) is 57.3 Å². The van der Waals surface area contributed by atoms with Gasteiger partial charge >= 0.3 is 21.1 Å². The fourth-order valence-electron chi connectivity index (χ4n) is 11.4. The number of nitrogens with one attached hydrogen (secondary N) is 1. The highest BCUT2D eigenvalue weighted by atomic mass is 79.9. The number of rotatable bonds is 8. The zero-order valence-electron chi connectivity index (χ0n) is 62.4. The van der Waals surface area contributed by atoms with E-state index in [9.17, 15) is 24.6 Å². The SMILES string of the molecule is CC1(C)OB(B2OC(C)(C)C(C)(C)O2)OC1(C)C.CC1CN(c2ccc(B3OC(C)(C)C(C)(C)O3)cc2)CCO1.CC1CN(c2ccc(Br)cc2)CCO1.CC1CN(c2ccc(N)cc2)CCO1.CC1CN(c2ccc([N+](=O)[O-])cc2)CCO1.CC1CNCCO1.O=[N+]([O-])c1ccc(F)cc1. The van der Waals surface area contributed by atoms with E-state index in [1.165, 1.54) is 29.2 Å². The van der Waals surface area contributed by atoms with E-state index < -0.39 is 24.8 Å². The number of benzene rings is 5. The number of morpholine rings is 5. The highest BCUT2D eigenvalue weighted by molar-refractivity contribution is 9.10. The van der Waals surface area contributed by atoms with Crippen LogP contribution in [0.15, 0.2) is 126 Å². The molecule has 5 aromatic rings.